The maximum atomic E-state index is 13.0. The molecule has 1 heterocycles. The van der Waals surface area contributed by atoms with Gasteiger partial charge in [-0.15, -0.1) is 0 Å². The Balaban J connectivity index is 1.46. The number of amides is 1. The average molecular weight is 483 g/mol. The third kappa shape index (κ3) is 6.42. The lowest BCUT2D eigenvalue weighted by Crippen LogP contribution is -2.44. The van der Waals surface area contributed by atoms with E-state index in [-0.39, 0.29) is 24.4 Å². The van der Waals surface area contributed by atoms with Crippen LogP contribution in [0.4, 0.5) is 13.2 Å². The molecule has 1 fully saturated rings. The summed E-state index contributed by atoms with van der Waals surface area (Å²) in [4.78, 5) is 15.3. The van der Waals surface area contributed by atoms with E-state index >= 15 is 0 Å². The van der Waals surface area contributed by atoms with Crippen LogP contribution in [0, 0.1) is 5.92 Å². The second kappa shape index (κ2) is 11.0. The summed E-state index contributed by atoms with van der Waals surface area (Å²) in [6, 6.07) is 23.4. The molecule has 2 atom stereocenters. The van der Waals surface area contributed by atoms with Gasteiger partial charge in [0.25, 0.3) is 0 Å². The van der Waals surface area contributed by atoms with Crippen molar-refractivity contribution in [2.45, 2.75) is 38.1 Å². The zero-order valence-corrected chi connectivity index (χ0v) is 19.6. The third-order valence-electron chi connectivity index (χ3n) is 6.48. The van der Waals surface area contributed by atoms with Crippen LogP contribution in [0.25, 0.3) is 0 Å². The predicted molar refractivity (Wildman–Crippen MR) is 129 cm³/mol. The zero-order valence-electron chi connectivity index (χ0n) is 19.6. The molecule has 1 N–H and O–H groups in total. The van der Waals surface area contributed by atoms with Crippen molar-refractivity contribution in [3.63, 3.8) is 0 Å². The van der Waals surface area contributed by atoms with E-state index in [0.29, 0.717) is 25.1 Å². The first-order chi connectivity index (χ1) is 16.8. The summed E-state index contributed by atoms with van der Waals surface area (Å²) in [7, 11) is 1.64. The van der Waals surface area contributed by atoms with Crippen LogP contribution in [0.2, 0.25) is 0 Å². The summed E-state index contributed by atoms with van der Waals surface area (Å²) >= 11 is 0. The van der Waals surface area contributed by atoms with Gasteiger partial charge in [0.15, 0.2) is 0 Å². The smallest absolute Gasteiger partial charge is 0.416 e. The van der Waals surface area contributed by atoms with Crippen LogP contribution in [0.3, 0.4) is 0 Å². The number of nitrogens with zero attached hydrogens (tertiary/aromatic N) is 1. The van der Waals surface area contributed by atoms with Gasteiger partial charge in [-0.25, -0.2) is 0 Å². The predicted octanol–water partition coefficient (Wildman–Crippen LogP) is 5.98. The molecule has 0 bridgehead atoms. The lowest BCUT2D eigenvalue weighted by atomic mass is 9.88. The van der Waals surface area contributed by atoms with Crippen LogP contribution in [0.15, 0.2) is 78.9 Å². The van der Waals surface area contributed by atoms with E-state index < -0.39 is 11.7 Å². The van der Waals surface area contributed by atoms with Crippen molar-refractivity contribution in [1.29, 1.82) is 0 Å². The molecule has 3 aromatic rings. The Morgan fingerprint density at radius 3 is 2.46 bits per heavy atom. The van der Waals surface area contributed by atoms with Crippen molar-refractivity contribution < 1.29 is 22.7 Å². The molecular weight excluding hydrogens is 453 g/mol. The van der Waals surface area contributed by atoms with E-state index in [4.69, 9.17) is 4.74 Å². The maximum absolute atomic E-state index is 13.0. The standard InChI is InChI=1S/C28H29F3N2O2/c1-35-25-12-6-8-21(16-25)18-33-19-23(13-14-26(33)22-9-3-2-4-10-22)27(34)32-17-20-7-5-11-24(15-20)28(29,30)31/h2-12,15-16,23,26H,13-14,17-19H2,1H3,(H,32,34)/t23-,26+/m1/s1. The molecule has 1 amide bonds. The number of likely N-dealkylation sites (tertiary alicyclic amines) is 1. The average Bonchev–Trinajstić information content (AvgIpc) is 2.87. The van der Waals surface area contributed by atoms with Gasteiger partial charge in [-0.1, -0.05) is 54.6 Å². The minimum atomic E-state index is -4.41. The quantitative estimate of drug-likeness (QED) is 0.450. The fourth-order valence-electron chi connectivity index (χ4n) is 4.68. The molecule has 7 heteroatoms. The SMILES string of the molecule is COc1cccc(CN2C[C@H](C(=O)NCc3cccc(C(F)(F)F)c3)CC[C@H]2c2ccccc2)c1. The molecule has 0 radical (unpaired) electrons. The van der Waals surface area contributed by atoms with E-state index in [1.54, 1.807) is 13.2 Å². The Bertz CT molecular complexity index is 1130. The summed E-state index contributed by atoms with van der Waals surface area (Å²) in [5.74, 6) is 0.405. The van der Waals surface area contributed by atoms with Crippen molar-refractivity contribution in [1.82, 2.24) is 10.2 Å². The Kier molecular flexibility index (Phi) is 7.76. The number of piperidine rings is 1. The molecule has 0 aromatic heterocycles. The van der Waals surface area contributed by atoms with Crippen molar-refractivity contribution >= 4 is 5.91 Å². The molecule has 184 valence electrons. The van der Waals surface area contributed by atoms with Crippen LogP contribution in [-0.4, -0.2) is 24.5 Å². The normalized spacial score (nSPS) is 18.7. The first-order valence-corrected chi connectivity index (χ1v) is 11.7. The Labute approximate surface area is 203 Å². The van der Waals surface area contributed by atoms with Crippen LogP contribution in [0.5, 0.6) is 5.75 Å². The molecule has 0 aliphatic carbocycles. The van der Waals surface area contributed by atoms with E-state index in [9.17, 15) is 18.0 Å². The van der Waals surface area contributed by atoms with E-state index in [1.165, 1.54) is 11.6 Å². The number of halogens is 3. The minimum Gasteiger partial charge on any atom is -0.497 e. The molecule has 1 aliphatic rings. The Morgan fingerprint density at radius 2 is 1.71 bits per heavy atom. The molecule has 4 rings (SSSR count). The van der Waals surface area contributed by atoms with E-state index in [1.807, 2.05) is 42.5 Å². The lowest BCUT2D eigenvalue weighted by molar-refractivity contribution is -0.137. The lowest BCUT2D eigenvalue weighted by Gasteiger charge is -2.39. The number of alkyl halides is 3. The Hall–Kier alpha value is -3.32. The molecule has 0 unspecified atom stereocenters. The number of hydrogen-bond acceptors (Lipinski definition) is 3. The van der Waals surface area contributed by atoms with Crippen molar-refractivity contribution in [3.8, 4) is 5.75 Å². The second-order valence-electron chi connectivity index (χ2n) is 8.90. The van der Waals surface area contributed by atoms with Crippen molar-refractivity contribution in [3.05, 3.63) is 101 Å². The van der Waals surface area contributed by atoms with E-state index in [0.717, 1.165) is 29.9 Å². The van der Waals surface area contributed by atoms with Gasteiger partial charge < -0.3 is 10.1 Å². The second-order valence-corrected chi connectivity index (χ2v) is 8.90. The molecule has 0 spiro atoms. The van der Waals surface area contributed by atoms with Gasteiger partial charge in [0.1, 0.15) is 5.75 Å². The van der Waals surface area contributed by atoms with Crippen molar-refractivity contribution in [2.75, 3.05) is 13.7 Å². The number of ether oxygens (including phenoxy) is 1. The largest absolute Gasteiger partial charge is 0.497 e. The third-order valence-corrected chi connectivity index (χ3v) is 6.48. The highest BCUT2D eigenvalue weighted by Gasteiger charge is 2.33. The fraction of sp³-hybridized carbons (Fsp3) is 0.321. The zero-order chi connectivity index (χ0) is 24.8. The number of hydrogen-bond donors (Lipinski definition) is 1. The number of nitrogens with one attached hydrogen (secondary N) is 1. The van der Waals surface area contributed by atoms with Crippen LogP contribution in [-0.2, 0) is 24.1 Å². The molecule has 3 aromatic carbocycles. The van der Waals surface area contributed by atoms with Crippen molar-refractivity contribution in [2.24, 2.45) is 5.92 Å². The van der Waals surface area contributed by atoms with Gasteiger partial charge in [0.2, 0.25) is 5.91 Å². The van der Waals surface area contributed by atoms with Gasteiger partial charge >= 0.3 is 6.18 Å². The molecule has 4 nitrogen and oxygen atoms in total. The maximum Gasteiger partial charge on any atom is 0.416 e. The number of carbonyl (C=O) groups is 1. The van der Waals surface area contributed by atoms with E-state index in [2.05, 4.69) is 22.3 Å². The number of rotatable bonds is 7. The van der Waals surface area contributed by atoms with Crippen LogP contribution in [0.1, 0.15) is 41.1 Å². The van der Waals surface area contributed by atoms with Gasteiger partial charge in [0, 0.05) is 25.7 Å². The summed E-state index contributed by atoms with van der Waals surface area (Å²) in [5, 5.41) is 2.85. The number of carbonyl (C=O) groups excluding carboxylic acids is 1. The van der Waals surface area contributed by atoms with Gasteiger partial charge in [-0.2, -0.15) is 13.2 Å². The minimum absolute atomic E-state index is 0.0667. The fourth-order valence-corrected chi connectivity index (χ4v) is 4.68. The molecule has 1 aliphatic heterocycles. The Morgan fingerprint density at radius 1 is 0.971 bits per heavy atom. The molecular formula is C28H29F3N2O2. The topological polar surface area (TPSA) is 41.6 Å². The monoisotopic (exact) mass is 482 g/mol. The highest BCUT2D eigenvalue weighted by Crippen LogP contribution is 2.35. The number of benzene rings is 3. The van der Waals surface area contributed by atoms with Gasteiger partial charge in [-0.05, 0) is 53.8 Å². The molecule has 0 saturated carbocycles. The number of methoxy groups -OCH3 is 1. The van der Waals surface area contributed by atoms with Crippen LogP contribution < -0.4 is 10.1 Å². The molecule has 1 saturated heterocycles. The summed E-state index contributed by atoms with van der Waals surface area (Å²) in [6.07, 6.45) is -2.88. The highest BCUT2D eigenvalue weighted by atomic mass is 19.4. The summed E-state index contributed by atoms with van der Waals surface area (Å²) in [5.41, 5.74) is 2.02. The molecule has 35 heavy (non-hydrogen) atoms. The highest BCUT2D eigenvalue weighted by molar-refractivity contribution is 5.79. The summed E-state index contributed by atoms with van der Waals surface area (Å²) in [6.45, 7) is 1.29. The van der Waals surface area contributed by atoms with Crippen LogP contribution >= 0.6 is 0 Å². The van der Waals surface area contributed by atoms with Gasteiger partial charge in [0.05, 0.1) is 18.6 Å². The first kappa shape index (κ1) is 24.8. The first-order valence-electron chi connectivity index (χ1n) is 11.7. The summed E-state index contributed by atoms with van der Waals surface area (Å²) < 4.78 is 44.4. The van der Waals surface area contributed by atoms with Gasteiger partial charge in [-0.3, -0.25) is 9.69 Å².